The number of hydrogen-bond acceptors (Lipinski definition) is 5. The van der Waals surface area contributed by atoms with Crippen molar-refractivity contribution in [2.75, 3.05) is 40.9 Å². The third-order valence-corrected chi connectivity index (χ3v) is 18.5. The first-order valence-corrected chi connectivity index (χ1v) is 39.8. The van der Waals surface area contributed by atoms with Gasteiger partial charge in [0, 0.05) is 6.42 Å². The second kappa shape index (κ2) is 69.3. The van der Waals surface area contributed by atoms with E-state index in [1.807, 2.05) is 21.1 Å². The molecule has 0 saturated heterocycles. The van der Waals surface area contributed by atoms with Crippen LogP contribution >= 0.6 is 7.82 Å². The molecule has 0 rings (SSSR count). The minimum atomic E-state index is -4.34. The zero-order chi connectivity index (χ0) is 64.1. The molecule has 9 heteroatoms. The van der Waals surface area contributed by atoms with Crippen LogP contribution in [0, 0.1) is 0 Å². The van der Waals surface area contributed by atoms with E-state index in [1.54, 1.807) is 0 Å². The lowest BCUT2D eigenvalue weighted by molar-refractivity contribution is -0.870. The van der Waals surface area contributed by atoms with E-state index in [9.17, 15) is 19.4 Å². The van der Waals surface area contributed by atoms with Gasteiger partial charge in [0.1, 0.15) is 13.2 Å². The number of quaternary nitrogens is 1. The van der Waals surface area contributed by atoms with E-state index in [-0.39, 0.29) is 19.1 Å². The van der Waals surface area contributed by atoms with Gasteiger partial charge >= 0.3 is 7.82 Å². The van der Waals surface area contributed by atoms with Gasteiger partial charge in [-0.25, -0.2) is 4.57 Å². The van der Waals surface area contributed by atoms with Crippen molar-refractivity contribution in [1.29, 1.82) is 0 Å². The van der Waals surface area contributed by atoms with Crippen LogP contribution in [0.15, 0.2) is 72.9 Å². The Morgan fingerprint density at radius 1 is 0.398 bits per heavy atom. The summed E-state index contributed by atoms with van der Waals surface area (Å²) in [6, 6.07) is -0.765. The first-order valence-electron chi connectivity index (χ1n) is 38.3. The fourth-order valence-electron chi connectivity index (χ4n) is 11.6. The molecule has 0 aromatic rings. The van der Waals surface area contributed by atoms with Crippen LogP contribution in [0.25, 0.3) is 0 Å². The second-order valence-electron chi connectivity index (χ2n) is 27.4. The lowest BCUT2D eigenvalue weighted by Gasteiger charge is -2.26. The molecule has 0 aromatic carbocycles. The summed E-state index contributed by atoms with van der Waals surface area (Å²) in [4.78, 5) is 23.5. The standard InChI is InChI=1S/C79H149N2O6P/c1-6-8-10-12-14-16-18-20-22-24-26-28-30-32-34-36-38-39-40-41-43-45-47-49-51-53-55-57-59-61-63-65-67-69-71-73-79(83)80-77(76-87-88(84,85)86-75-74-81(3,4)5)78(82)72-70-68-66-64-62-60-58-56-54-52-50-48-46-44-42-37-35-33-31-29-27-25-23-21-19-17-15-13-11-9-7-2/h8,10,14,16,20,22,26,28,32,34,38-39,77-78,82H,6-7,9,11-13,15,17-19,21,23-25,27,29-31,33,35-37,40-76H2,1-5H3,(H-,80,83,84,85)/p+1/b10-8-,16-14-,22-20-,28-26-,34-32-,39-38-. The Morgan fingerprint density at radius 3 is 1.00 bits per heavy atom. The highest BCUT2D eigenvalue weighted by molar-refractivity contribution is 7.47. The number of rotatable bonds is 71. The van der Waals surface area contributed by atoms with E-state index in [4.69, 9.17) is 9.05 Å². The SMILES string of the molecule is CC/C=C\C/C=C\C/C=C\C/C=C\C/C=C\C/C=C\CCCCCCCCCCCCCCCCCCC(=O)NC(COP(=O)(O)OCC[N+](C)(C)C)C(O)CCCCCCCCCCCCCCCCCCCCCCCCCCCCCCCCC. The Labute approximate surface area is 548 Å². The number of likely N-dealkylation sites (N-methyl/N-ethyl adjacent to an activating group) is 1. The van der Waals surface area contributed by atoms with Crippen LogP contribution in [0.4, 0.5) is 0 Å². The molecule has 0 aromatic heterocycles. The number of carbonyl (C=O) groups excluding carboxylic acids is 1. The van der Waals surface area contributed by atoms with E-state index in [0.717, 1.165) is 77.0 Å². The molecular weight excluding hydrogens is 1100 g/mol. The normalized spacial score (nSPS) is 13.9. The number of hydrogen-bond donors (Lipinski definition) is 3. The van der Waals surface area contributed by atoms with Crippen LogP contribution in [-0.2, 0) is 18.4 Å². The largest absolute Gasteiger partial charge is 0.472 e. The number of carbonyl (C=O) groups is 1. The summed E-state index contributed by atoms with van der Waals surface area (Å²) in [5.41, 5.74) is 0. The fourth-order valence-corrected chi connectivity index (χ4v) is 12.3. The first-order chi connectivity index (χ1) is 43.0. The number of allylic oxidation sites excluding steroid dienone is 12. The van der Waals surface area contributed by atoms with Gasteiger partial charge in [0.25, 0.3) is 0 Å². The Balaban J connectivity index is 3.98. The quantitative estimate of drug-likeness (QED) is 0.0243. The van der Waals surface area contributed by atoms with Crippen molar-refractivity contribution >= 4 is 13.7 Å². The molecule has 3 unspecified atom stereocenters. The Morgan fingerprint density at radius 2 is 0.682 bits per heavy atom. The first kappa shape index (κ1) is 85.9. The number of phosphoric acid groups is 1. The number of amides is 1. The van der Waals surface area contributed by atoms with Crippen molar-refractivity contribution in [1.82, 2.24) is 5.32 Å². The molecule has 0 aliphatic carbocycles. The van der Waals surface area contributed by atoms with Gasteiger partial charge < -0.3 is 19.8 Å². The van der Waals surface area contributed by atoms with Crippen LogP contribution < -0.4 is 5.32 Å². The second-order valence-corrected chi connectivity index (χ2v) is 28.8. The molecule has 3 N–H and O–H groups in total. The smallest absolute Gasteiger partial charge is 0.391 e. The summed E-state index contributed by atoms with van der Waals surface area (Å²) >= 11 is 0. The highest BCUT2D eigenvalue weighted by atomic mass is 31.2. The highest BCUT2D eigenvalue weighted by Crippen LogP contribution is 2.43. The van der Waals surface area contributed by atoms with Crippen molar-refractivity contribution in [2.24, 2.45) is 0 Å². The third kappa shape index (κ3) is 71.4. The number of aliphatic hydroxyl groups excluding tert-OH is 1. The van der Waals surface area contributed by atoms with Crippen molar-refractivity contribution < 1.29 is 32.9 Å². The molecule has 3 atom stereocenters. The van der Waals surface area contributed by atoms with Crippen LogP contribution in [0.1, 0.15) is 373 Å². The average molecular weight is 1260 g/mol. The molecule has 88 heavy (non-hydrogen) atoms. The lowest BCUT2D eigenvalue weighted by Crippen LogP contribution is -2.46. The zero-order valence-corrected chi connectivity index (χ0v) is 60.1. The van der Waals surface area contributed by atoms with Crippen LogP contribution in [0.2, 0.25) is 0 Å². The molecule has 1 amide bonds. The van der Waals surface area contributed by atoms with E-state index >= 15 is 0 Å². The average Bonchev–Trinajstić information content (AvgIpc) is 3.64. The molecule has 0 aliphatic rings. The molecule has 0 heterocycles. The van der Waals surface area contributed by atoms with E-state index < -0.39 is 20.0 Å². The van der Waals surface area contributed by atoms with Crippen LogP contribution in [0.5, 0.6) is 0 Å². The topological polar surface area (TPSA) is 105 Å². The van der Waals surface area contributed by atoms with Crippen molar-refractivity contribution in [3.8, 4) is 0 Å². The minimum Gasteiger partial charge on any atom is -0.391 e. The van der Waals surface area contributed by atoms with Gasteiger partial charge in [-0.05, 0) is 64.2 Å². The van der Waals surface area contributed by atoms with Crippen molar-refractivity contribution in [2.45, 2.75) is 386 Å². The van der Waals surface area contributed by atoms with Gasteiger partial charge in [0.05, 0.1) is 39.9 Å². The van der Waals surface area contributed by atoms with Gasteiger partial charge in [0.2, 0.25) is 5.91 Å². The summed E-state index contributed by atoms with van der Waals surface area (Å²) in [5, 5.41) is 14.2. The van der Waals surface area contributed by atoms with Crippen LogP contribution in [-0.4, -0.2) is 73.4 Å². The van der Waals surface area contributed by atoms with E-state index in [0.29, 0.717) is 23.9 Å². The van der Waals surface area contributed by atoms with Gasteiger partial charge in [-0.15, -0.1) is 0 Å². The number of nitrogens with zero attached hydrogens (tertiary/aromatic N) is 1. The third-order valence-electron chi connectivity index (χ3n) is 17.5. The molecule has 0 bridgehead atoms. The Bertz CT molecular complexity index is 1670. The zero-order valence-electron chi connectivity index (χ0n) is 59.2. The maximum absolute atomic E-state index is 13.1. The summed E-state index contributed by atoms with van der Waals surface area (Å²) in [6.07, 6.45) is 97.4. The van der Waals surface area contributed by atoms with Gasteiger partial charge in [-0.2, -0.15) is 0 Å². The number of nitrogens with one attached hydrogen (secondary N) is 1. The molecule has 0 spiro atoms. The van der Waals surface area contributed by atoms with Gasteiger partial charge in [-0.1, -0.05) is 376 Å². The fraction of sp³-hybridized carbons (Fsp3) is 0.835. The summed E-state index contributed by atoms with van der Waals surface area (Å²) < 4.78 is 23.9. The molecule has 0 radical (unpaired) electrons. The lowest BCUT2D eigenvalue weighted by atomic mass is 10.0. The molecule has 0 saturated carbocycles. The van der Waals surface area contributed by atoms with Crippen molar-refractivity contribution in [3.63, 3.8) is 0 Å². The molecular formula is C79H150N2O6P+. The predicted molar refractivity (Wildman–Crippen MR) is 387 cm³/mol. The van der Waals surface area contributed by atoms with E-state index in [1.165, 1.54) is 270 Å². The summed E-state index contributed by atoms with van der Waals surface area (Å²) in [5.74, 6) is -0.140. The molecule has 516 valence electrons. The van der Waals surface area contributed by atoms with E-state index in [2.05, 4.69) is 92.1 Å². The Kier molecular flexibility index (Phi) is 67.7. The summed E-state index contributed by atoms with van der Waals surface area (Å²) in [7, 11) is 1.63. The number of aliphatic hydroxyl groups is 1. The maximum Gasteiger partial charge on any atom is 0.472 e. The molecule has 0 fully saturated rings. The molecule has 0 aliphatic heterocycles. The van der Waals surface area contributed by atoms with Crippen molar-refractivity contribution in [3.05, 3.63) is 72.9 Å². The monoisotopic (exact) mass is 1250 g/mol. The predicted octanol–water partition coefficient (Wildman–Crippen LogP) is 24.9. The Hall–Kier alpha value is -2.06. The van der Waals surface area contributed by atoms with Gasteiger partial charge in [-0.3, -0.25) is 13.8 Å². The summed E-state index contributed by atoms with van der Waals surface area (Å²) in [6.45, 7) is 4.83. The maximum atomic E-state index is 13.1. The number of unbranched alkanes of at least 4 members (excludes halogenated alkanes) is 46. The highest BCUT2D eigenvalue weighted by Gasteiger charge is 2.28. The molecule has 8 nitrogen and oxygen atoms in total. The van der Waals surface area contributed by atoms with Gasteiger partial charge in [0.15, 0.2) is 0 Å². The van der Waals surface area contributed by atoms with Crippen LogP contribution in [0.3, 0.4) is 0 Å². The number of phosphoric ester groups is 1. The minimum absolute atomic E-state index is 0.0744.